The van der Waals surface area contributed by atoms with Crippen LogP contribution in [0.15, 0.2) is 71.5 Å². The van der Waals surface area contributed by atoms with Gasteiger partial charge in [0.2, 0.25) is 0 Å². The Morgan fingerprint density at radius 2 is 1.83 bits per heavy atom. The summed E-state index contributed by atoms with van der Waals surface area (Å²) < 4.78 is 7.19. The molecule has 1 unspecified atom stereocenters. The molecule has 1 atom stereocenters. The minimum absolute atomic E-state index is 0.00658. The summed E-state index contributed by atoms with van der Waals surface area (Å²) in [7, 11) is 1.74. The Morgan fingerprint density at radius 3 is 2.61 bits per heavy atom. The Bertz CT molecular complexity index is 1410. The Morgan fingerprint density at radius 1 is 1.06 bits per heavy atom. The molecule has 1 aliphatic heterocycles. The Kier molecular flexibility index (Phi) is 7.16. The number of aryl methyl sites for hydroxylation is 1. The molecule has 1 fully saturated rings. The highest BCUT2D eigenvalue weighted by Crippen LogP contribution is 2.28. The summed E-state index contributed by atoms with van der Waals surface area (Å²) >= 11 is 0. The number of likely N-dealkylation sites (tertiary alicyclic amines) is 1. The van der Waals surface area contributed by atoms with Gasteiger partial charge in [-0.25, -0.2) is 4.98 Å². The fourth-order valence-electron chi connectivity index (χ4n) is 5.24. The maximum Gasteiger partial charge on any atom is 0.261 e. The first-order chi connectivity index (χ1) is 17.5. The van der Waals surface area contributed by atoms with Crippen molar-refractivity contribution in [2.24, 2.45) is 5.92 Å². The predicted octanol–water partition coefficient (Wildman–Crippen LogP) is 5.10. The Labute approximate surface area is 211 Å². The number of phenols is 1. The Balaban J connectivity index is 1.59. The van der Waals surface area contributed by atoms with Gasteiger partial charge in [0.25, 0.3) is 5.56 Å². The molecular weight excluding hydrogens is 450 g/mol. The van der Waals surface area contributed by atoms with Crippen LogP contribution in [-0.4, -0.2) is 52.9 Å². The van der Waals surface area contributed by atoms with Crippen molar-refractivity contribution in [1.82, 2.24) is 14.5 Å². The van der Waals surface area contributed by atoms with Gasteiger partial charge < -0.3 is 14.7 Å². The number of aromatic nitrogens is 2. The monoisotopic (exact) mass is 483 g/mol. The summed E-state index contributed by atoms with van der Waals surface area (Å²) in [4.78, 5) is 21.5. The number of benzene rings is 3. The molecule has 0 spiro atoms. The number of rotatable bonds is 7. The molecule has 0 aliphatic carbocycles. The highest BCUT2D eigenvalue weighted by molar-refractivity contribution is 5.85. The molecule has 1 N–H and O–H groups in total. The molecule has 186 valence electrons. The van der Waals surface area contributed by atoms with Gasteiger partial charge in [-0.1, -0.05) is 42.5 Å². The molecule has 36 heavy (non-hydrogen) atoms. The fourth-order valence-corrected chi connectivity index (χ4v) is 5.24. The van der Waals surface area contributed by atoms with Crippen molar-refractivity contribution in [3.05, 3.63) is 82.6 Å². The third-order valence-corrected chi connectivity index (χ3v) is 7.20. The minimum atomic E-state index is -0.00658. The van der Waals surface area contributed by atoms with E-state index in [1.54, 1.807) is 19.2 Å². The topological polar surface area (TPSA) is 67.6 Å². The van der Waals surface area contributed by atoms with Gasteiger partial charge in [-0.15, -0.1) is 0 Å². The summed E-state index contributed by atoms with van der Waals surface area (Å²) in [5.74, 6) is 1.33. The second kappa shape index (κ2) is 10.6. The van der Waals surface area contributed by atoms with Crippen LogP contribution in [0.25, 0.3) is 33.4 Å². The van der Waals surface area contributed by atoms with Crippen molar-refractivity contribution >= 4 is 10.9 Å². The van der Waals surface area contributed by atoms with Crippen LogP contribution in [0.2, 0.25) is 0 Å². The molecule has 1 aromatic heterocycles. The third kappa shape index (κ3) is 5.06. The summed E-state index contributed by atoms with van der Waals surface area (Å²) in [5, 5.41) is 10.3. The van der Waals surface area contributed by atoms with Gasteiger partial charge in [0.15, 0.2) is 0 Å². The molecule has 3 aromatic carbocycles. The van der Waals surface area contributed by atoms with Gasteiger partial charge >= 0.3 is 0 Å². The van der Waals surface area contributed by atoms with Gasteiger partial charge in [-0.3, -0.25) is 9.36 Å². The number of methoxy groups -OCH3 is 1. The summed E-state index contributed by atoms with van der Waals surface area (Å²) in [6, 6.07) is 21.0. The second-order valence-electron chi connectivity index (χ2n) is 9.75. The van der Waals surface area contributed by atoms with Gasteiger partial charge in [0, 0.05) is 32.3 Å². The molecule has 2 heterocycles. The van der Waals surface area contributed by atoms with E-state index in [1.807, 2.05) is 47.0 Å². The number of phenolic OH excluding ortho intramolecular Hbond substituents is 1. The van der Waals surface area contributed by atoms with Gasteiger partial charge in [-0.05, 0) is 73.2 Å². The first kappa shape index (κ1) is 24.2. The quantitative estimate of drug-likeness (QED) is 0.396. The van der Waals surface area contributed by atoms with E-state index < -0.39 is 0 Å². The molecule has 1 saturated heterocycles. The van der Waals surface area contributed by atoms with Crippen LogP contribution >= 0.6 is 0 Å². The number of nitrogens with zero attached hydrogens (tertiary/aromatic N) is 3. The van der Waals surface area contributed by atoms with Crippen molar-refractivity contribution in [1.29, 1.82) is 0 Å². The summed E-state index contributed by atoms with van der Waals surface area (Å²) in [6.45, 7) is 6.37. The van der Waals surface area contributed by atoms with E-state index in [4.69, 9.17) is 9.72 Å². The molecule has 6 nitrogen and oxygen atoms in total. The van der Waals surface area contributed by atoms with Crippen molar-refractivity contribution < 1.29 is 9.84 Å². The molecule has 6 heteroatoms. The lowest BCUT2D eigenvalue weighted by molar-refractivity contribution is 0.109. The third-order valence-electron chi connectivity index (χ3n) is 7.20. The maximum atomic E-state index is 14.0. The Hall–Kier alpha value is -3.48. The summed E-state index contributed by atoms with van der Waals surface area (Å²) in [5.41, 5.74) is 4.66. The maximum absolute atomic E-state index is 14.0. The predicted molar refractivity (Wildman–Crippen MR) is 144 cm³/mol. The van der Waals surface area contributed by atoms with E-state index in [2.05, 4.69) is 24.0 Å². The highest BCUT2D eigenvalue weighted by atomic mass is 16.5. The zero-order valence-corrected chi connectivity index (χ0v) is 21.0. The number of fused-ring (bicyclic) bond motifs is 1. The number of piperidine rings is 1. The van der Waals surface area contributed by atoms with E-state index in [0.29, 0.717) is 23.4 Å². The van der Waals surface area contributed by atoms with Crippen LogP contribution in [0, 0.1) is 12.8 Å². The zero-order valence-electron chi connectivity index (χ0n) is 21.0. The van der Waals surface area contributed by atoms with Gasteiger partial charge in [0.1, 0.15) is 11.6 Å². The molecule has 0 saturated carbocycles. The lowest BCUT2D eigenvalue weighted by Crippen LogP contribution is -2.40. The summed E-state index contributed by atoms with van der Waals surface area (Å²) in [6.07, 6.45) is 2.21. The smallest absolute Gasteiger partial charge is 0.261 e. The highest BCUT2D eigenvalue weighted by Gasteiger charge is 2.23. The van der Waals surface area contributed by atoms with Gasteiger partial charge in [-0.2, -0.15) is 0 Å². The number of hydrogen-bond donors (Lipinski definition) is 1. The van der Waals surface area contributed by atoms with Crippen molar-refractivity contribution in [3.63, 3.8) is 0 Å². The first-order valence-electron chi connectivity index (χ1n) is 12.6. The van der Waals surface area contributed by atoms with E-state index in [0.717, 1.165) is 67.2 Å². The number of ether oxygens (including phenoxy) is 1. The van der Waals surface area contributed by atoms with Crippen LogP contribution in [-0.2, 0) is 11.3 Å². The average molecular weight is 484 g/mol. The van der Waals surface area contributed by atoms with Crippen molar-refractivity contribution in [2.75, 3.05) is 33.4 Å². The first-order valence-corrected chi connectivity index (χ1v) is 12.6. The lowest BCUT2D eigenvalue weighted by atomic mass is 9.97. The van der Waals surface area contributed by atoms with Crippen LogP contribution in [0.3, 0.4) is 0 Å². The molecule has 0 radical (unpaired) electrons. The van der Waals surface area contributed by atoms with E-state index in [-0.39, 0.29) is 11.3 Å². The van der Waals surface area contributed by atoms with Crippen LogP contribution in [0.5, 0.6) is 5.75 Å². The molecule has 5 rings (SSSR count). The van der Waals surface area contributed by atoms with Crippen LogP contribution in [0.4, 0.5) is 0 Å². The van der Waals surface area contributed by atoms with Gasteiger partial charge in [0.05, 0.1) is 17.5 Å². The van der Waals surface area contributed by atoms with E-state index in [1.165, 1.54) is 0 Å². The molecule has 0 bridgehead atoms. The molecule has 0 amide bonds. The van der Waals surface area contributed by atoms with Crippen LogP contribution in [0.1, 0.15) is 18.4 Å². The zero-order chi connectivity index (χ0) is 25.1. The lowest BCUT2D eigenvalue weighted by Gasteiger charge is -2.33. The van der Waals surface area contributed by atoms with Crippen LogP contribution < -0.4 is 5.56 Å². The SMILES string of the molecule is COCCN1CCCC(Cn2c(-c3ccccc3C)nc3ccc(-c4ccc(O)cc4)cc3c2=O)C1. The fraction of sp³-hybridized carbons (Fsp3) is 0.333. The molecular formula is C30H33N3O3. The average Bonchev–Trinajstić information content (AvgIpc) is 2.90. The standard InChI is InChI=1S/C30H33N3O3/c1-21-6-3-4-8-26(21)29-31-28-14-11-24(23-9-12-25(34)13-10-23)18-27(28)30(35)33(29)20-22-7-5-15-32(19-22)16-17-36-2/h3-4,6,8-14,18,22,34H,5,7,15-17,19-20H2,1-2H3. The van der Waals surface area contributed by atoms with E-state index >= 15 is 0 Å². The largest absolute Gasteiger partial charge is 0.508 e. The van der Waals surface area contributed by atoms with E-state index in [9.17, 15) is 9.90 Å². The molecule has 1 aliphatic rings. The number of hydrogen-bond acceptors (Lipinski definition) is 5. The minimum Gasteiger partial charge on any atom is -0.508 e. The normalized spacial score (nSPS) is 16.4. The molecule has 4 aromatic rings. The van der Waals surface area contributed by atoms with Crippen molar-refractivity contribution in [2.45, 2.75) is 26.3 Å². The second-order valence-corrected chi connectivity index (χ2v) is 9.75. The van der Waals surface area contributed by atoms with Crippen molar-refractivity contribution in [3.8, 4) is 28.3 Å². The number of aromatic hydroxyl groups is 1.